The average Bonchev–Trinajstić information content (AvgIpc) is 2.99. The molecule has 2 aromatic carbocycles. The number of benzene rings is 2. The van der Waals surface area contributed by atoms with Crippen LogP contribution in [-0.2, 0) is 15.1 Å². The zero-order valence-electron chi connectivity index (χ0n) is 13.1. The van der Waals surface area contributed by atoms with Crippen LogP contribution in [0.15, 0.2) is 59.2 Å². The molecule has 0 aliphatic heterocycles. The van der Waals surface area contributed by atoms with Crippen molar-refractivity contribution in [2.45, 2.75) is 19.4 Å². The van der Waals surface area contributed by atoms with Crippen LogP contribution >= 0.6 is 0 Å². The molecule has 0 aliphatic rings. The fourth-order valence-corrected chi connectivity index (χ4v) is 2.66. The number of para-hydroxylation sites is 1. The highest BCUT2D eigenvalue weighted by atomic mass is 16.5. The topological polar surface area (TPSA) is 59.7 Å². The summed E-state index contributed by atoms with van der Waals surface area (Å²) in [6.07, 6.45) is 1.64. The molecule has 3 rings (SSSR count). The lowest BCUT2D eigenvalue weighted by Gasteiger charge is -2.21. The minimum Gasteiger partial charge on any atom is -0.464 e. The van der Waals surface area contributed by atoms with Gasteiger partial charge in [-0.05, 0) is 19.4 Å². The fraction of sp³-hybridized carbons (Fsp3) is 0.211. The largest absolute Gasteiger partial charge is 0.464 e. The summed E-state index contributed by atoms with van der Waals surface area (Å²) in [7, 11) is 0. The van der Waals surface area contributed by atoms with E-state index >= 15 is 0 Å². The zero-order chi connectivity index (χ0) is 16.4. The van der Waals surface area contributed by atoms with Gasteiger partial charge in [0.05, 0.1) is 12.9 Å². The maximum absolute atomic E-state index is 12.1. The molecule has 0 saturated heterocycles. The minimum atomic E-state index is -1.76. The number of furan rings is 1. The third-order valence-electron chi connectivity index (χ3n) is 3.88. The average molecular weight is 310 g/mol. The minimum absolute atomic E-state index is 0.207. The Bertz CT molecular complexity index is 831. The number of fused-ring (bicyclic) bond motifs is 1. The summed E-state index contributed by atoms with van der Waals surface area (Å²) >= 11 is 0. The summed E-state index contributed by atoms with van der Waals surface area (Å²) in [6, 6.07) is 15.2. The van der Waals surface area contributed by atoms with Gasteiger partial charge < -0.3 is 14.3 Å². The molecule has 3 aromatic rings. The SMILES string of the molecule is CCOC(=O)[C@](C)(O)c1cccc2c(-c3ccccc3)coc12. The van der Waals surface area contributed by atoms with Crippen LogP contribution in [0.4, 0.5) is 0 Å². The molecule has 0 amide bonds. The quantitative estimate of drug-likeness (QED) is 0.743. The summed E-state index contributed by atoms with van der Waals surface area (Å²) in [6.45, 7) is 3.33. The number of carbonyl (C=O) groups excluding carboxylic acids is 1. The van der Waals surface area contributed by atoms with Crippen LogP contribution in [0.1, 0.15) is 19.4 Å². The predicted octanol–water partition coefficient (Wildman–Crippen LogP) is 3.87. The second-order valence-electron chi connectivity index (χ2n) is 5.49. The highest BCUT2D eigenvalue weighted by Gasteiger charge is 2.37. The number of rotatable bonds is 4. The molecular weight excluding hydrogens is 292 g/mol. The van der Waals surface area contributed by atoms with Gasteiger partial charge in [-0.25, -0.2) is 4.79 Å². The number of carbonyl (C=O) groups is 1. The van der Waals surface area contributed by atoms with Crippen molar-refractivity contribution >= 4 is 16.9 Å². The Morgan fingerprint density at radius 2 is 1.91 bits per heavy atom. The first kappa shape index (κ1) is 15.3. The molecule has 0 spiro atoms. The Morgan fingerprint density at radius 1 is 1.17 bits per heavy atom. The van der Waals surface area contributed by atoms with Crippen molar-refractivity contribution < 1.29 is 19.1 Å². The van der Waals surface area contributed by atoms with E-state index in [2.05, 4.69) is 0 Å². The maximum Gasteiger partial charge on any atom is 0.342 e. The van der Waals surface area contributed by atoms with Crippen molar-refractivity contribution in [3.63, 3.8) is 0 Å². The van der Waals surface area contributed by atoms with Gasteiger partial charge in [0.15, 0.2) is 5.60 Å². The van der Waals surface area contributed by atoms with E-state index in [4.69, 9.17) is 9.15 Å². The van der Waals surface area contributed by atoms with Crippen molar-refractivity contribution in [3.05, 3.63) is 60.4 Å². The molecule has 0 radical (unpaired) electrons. The number of hydrogen-bond donors (Lipinski definition) is 1. The van der Waals surface area contributed by atoms with Crippen molar-refractivity contribution in [1.82, 2.24) is 0 Å². The Labute approximate surface area is 134 Å². The molecule has 1 N–H and O–H groups in total. The third kappa shape index (κ3) is 2.62. The smallest absolute Gasteiger partial charge is 0.342 e. The summed E-state index contributed by atoms with van der Waals surface area (Å²) in [5, 5.41) is 11.5. The fourth-order valence-electron chi connectivity index (χ4n) is 2.66. The van der Waals surface area contributed by atoms with E-state index in [9.17, 15) is 9.90 Å². The van der Waals surface area contributed by atoms with Crippen LogP contribution in [0.3, 0.4) is 0 Å². The third-order valence-corrected chi connectivity index (χ3v) is 3.88. The molecule has 1 heterocycles. The molecule has 0 aliphatic carbocycles. The molecule has 1 atom stereocenters. The number of ether oxygens (including phenoxy) is 1. The Balaban J connectivity index is 2.15. The first-order valence-electron chi connectivity index (χ1n) is 7.51. The maximum atomic E-state index is 12.1. The van der Waals surface area contributed by atoms with E-state index in [-0.39, 0.29) is 6.61 Å². The van der Waals surface area contributed by atoms with Crippen molar-refractivity contribution in [2.24, 2.45) is 0 Å². The van der Waals surface area contributed by atoms with Crippen LogP contribution in [-0.4, -0.2) is 17.7 Å². The van der Waals surface area contributed by atoms with Gasteiger partial charge in [0.2, 0.25) is 0 Å². The highest BCUT2D eigenvalue weighted by molar-refractivity contribution is 5.98. The van der Waals surface area contributed by atoms with E-state index in [1.807, 2.05) is 36.4 Å². The van der Waals surface area contributed by atoms with Gasteiger partial charge in [0, 0.05) is 16.5 Å². The first-order valence-corrected chi connectivity index (χ1v) is 7.51. The van der Waals surface area contributed by atoms with E-state index in [0.29, 0.717) is 11.1 Å². The molecule has 1 aromatic heterocycles. The lowest BCUT2D eigenvalue weighted by Crippen LogP contribution is -2.34. The summed E-state index contributed by atoms with van der Waals surface area (Å²) in [5.41, 5.74) is 1.06. The van der Waals surface area contributed by atoms with Crippen molar-refractivity contribution in [1.29, 1.82) is 0 Å². The zero-order valence-corrected chi connectivity index (χ0v) is 13.1. The van der Waals surface area contributed by atoms with Crippen molar-refractivity contribution in [3.8, 4) is 11.1 Å². The molecule has 0 fully saturated rings. The number of aliphatic hydroxyl groups is 1. The van der Waals surface area contributed by atoms with Crippen molar-refractivity contribution in [2.75, 3.05) is 6.61 Å². The van der Waals surface area contributed by atoms with Crippen LogP contribution in [0.25, 0.3) is 22.1 Å². The molecular formula is C19H18O4. The number of hydrogen-bond acceptors (Lipinski definition) is 4. The van der Waals surface area contributed by atoms with Crippen LogP contribution in [0.2, 0.25) is 0 Å². The molecule has 0 saturated carbocycles. The Morgan fingerprint density at radius 3 is 2.61 bits per heavy atom. The summed E-state index contributed by atoms with van der Waals surface area (Å²) in [5.74, 6) is -0.690. The normalized spacial score (nSPS) is 13.7. The Hall–Kier alpha value is -2.59. The standard InChI is InChI=1S/C19H18O4/c1-3-22-18(20)19(2,21)16-11-7-10-14-15(12-23-17(14)16)13-8-5-4-6-9-13/h4-12,21H,3H2,1-2H3/t19-/m1/s1. The Kier molecular flexibility index (Phi) is 3.92. The molecule has 0 bridgehead atoms. The molecule has 4 heteroatoms. The van der Waals surface area contributed by atoms with Crippen LogP contribution < -0.4 is 0 Å². The highest BCUT2D eigenvalue weighted by Crippen LogP contribution is 2.36. The van der Waals surface area contributed by atoms with E-state index in [1.165, 1.54) is 6.92 Å². The van der Waals surface area contributed by atoms with Gasteiger partial charge in [0.1, 0.15) is 5.58 Å². The summed E-state index contributed by atoms with van der Waals surface area (Å²) < 4.78 is 10.7. The second-order valence-corrected chi connectivity index (χ2v) is 5.49. The molecule has 4 nitrogen and oxygen atoms in total. The molecule has 23 heavy (non-hydrogen) atoms. The first-order chi connectivity index (χ1) is 11.1. The lowest BCUT2D eigenvalue weighted by atomic mass is 9.93. The molecule has 0 unspecified atom stereocenters. The lowest BCUT2D eigenvalue weighted by molar-refractivity contribution is -0.164. The summed E-state index contributed by atoms with van der Waals surface area (Å²) in [4.78, 5) is 12.1. The number of esters is 1. The van der Waals surface area contributed by atoms with E-state index in [0.717, 1.165) is 16.5 Å². The van der Waals surface area contributed by atoms with Gasteiger partial charge in [-0.1, -0.05) is 48.5 Å². The van der Waals surface area contributed by atoms with Gasteiger partial charge >= 0.3 is 5.97 Å². The van der Waals surface area contributed by atoms with E-state index in [1.54, 1.807) is 25.3 Å². The predicted molar refractivity (Wildman–Crippen MR) is 87.9 cm³/mol. The van der Waals surface area contributed by atoms with Gasteiger partial charge in [-0.3, -0.25) is 0 Å². The van der Waals surface area contributed by atoms with Gasteiger partial charge in [-0.2, -0.15) is 0 Å². The van der Waals surface area contributed by atoms with Gasteiger partial charge in [0.25, 0.3) is 0 Å². The monoisotopic (exact) mass is 310 g/mol. The van der Waals surface area contributed by atoms with Gasteiger partial charge in [-0.15, -0.1) is 0 Å². The van der Waals surface area contributed by atoms with Crippen LogP contribution in [0, 0.1) is 0 Å². The van der Waals surface area contributed by atoms with Crippen LogP contribution in [0.5, 0.6) is 0 Å². The second kappa shape index (κ2) is 5.89. The molecule has 118 valence electrons. The van der Waals surface area contributed by atoms with E-state index < -0.39 is 11.6 Å².